The lowest BCUT2D eigenvalue weighted by Gasteiger charge is -2.12. The Bertz CT molecular complexity index is 1280. The van der Waals surface area contributed by atoms with Gasteiger partial charge in [0.1, 0.15) is 11.9 Å². The maximum Gasteiger partial charge on any atom is 0.141 e. The summed E-state index contributed by atoms with van der Waals surface area (Å²) in [6.07, 6.45) is 6.87. The fourth-order valence-corrected chi connectivity index (χ4v) is 4.10. The second-order valence-electron chi connectivity index (χ2n) is 8.76. The molecule has 0 saturated carbocycles. The monoisotopic (exact) mass is 445 g/mol. The summed E-state index contributed by atoms with van der Waals surface area (Å²) in [5.41, 5.74) is 7.26. The molecule has 0 heterocycles. The maximum atomic E-state index is 13.8. The summed E-state index contributed by atoms with van der Waals surface area (Å²) in [6, 6.07) is 34.6. The van der Waals surface area contributed by atoms with Crippen molar-refractivity contribution in [1.29, 1.82) is 5.26 Å². The molecule has 34 heavy (non-hydrogen) atoms. The molecule has 0 amide bonds. The van der Waals surface area contributed by atoms with Crippen molar-refractivity contribution in [3.05, 3.63) is 142 Å². The summed E-state index contributed by atoms with van der Waals surface area (Å²) in [5.74, 6) is 0.0521. The number of rotatable bonds is 8. The minimum absolute atomic E-state index is 0.0938. The minimum Gasteiger partial charge on any atom is -0.206 e. The van der Waals surface area contributed by atoms with Crippen molar-refractivity contribution in [3.63, 3.8) is 0 Å². The van der Waals surface area contributed by atoms with Gasteiger partial charge in [0.2, 0.25) is 0 Å². The van der Waals surface area contributed by atoms with Gasteiger partial charge in [-0.15, -0.1) is 0 Å². The zero-order chi connectivity index (χ0) is 23.8. The summed E-state index contributed by atoms with van der Waals surface area (Å²) in [4.78, 5) is 0. The smallest absolute Gasteiger partial charge is 0.141 e. The molecule has 0 aliphatic carbocycles. The Hall–Kier alpha value is -3.96. The topological polar surface area (TPSA) is 23.8 Å². The number of nitrogens with zero attached hydrogens (tertiary/aromatic N) is 1. The molecule has 0 spiro atoms. The van der Waals surface area contributed by atoms with Crippen LogP contribution in [0.2, 0.25) is 0 Å². The molecule has 4 aromatic rings. The molecular formula is C32H28FN. The highest BCUT2D eigenvalue weighted by molar-refractivity contribution is 5.69. The summed E-state index contributed by atoms with van der Waals surface area (Å²) >= 11 is 0. The van der Waals surface area contributed by atoms with E-state index in [4.69, 9.17) is 5.26 Å². The zero-order valence-electron chi connectivity index (χ0n) is 19.4. The van der Waals surface area contributed by atoms with E-state index < -0.39 is 5.82 Å². The van der Waals surface area contributed by atoms with Gasteiger partial charge < -0.3 is 0 Å². The van der Waals surface area contributed by atoms with Crippen molar-refractivity contribution in [2.24, 2.45) is 0 Å². The average molecular weight is 446 g/mol. The molecule has 1 nitrogen and oxygen atoms in total. The standard InChI is InChI=1S/C32H28FN/c1-24(30-5-3-2-4-6-30)21-28-16-13-27(14-17-28)12-9-25-7-10-26(11-8-25)15-18-29-19-20-31(23-34)32(33)22-29/h2-14,16-17,19-20,22,24H,15,18,21H2,1H3/b12-9+. The van der Waals surface area contributed by atoms with Crippen molar-refractivity contribution >= 4 is 12.2 Å². The molecule has 0 fully saturated rings. The van der Waals surface area contributed by atoms with Gasteiger partial charge in [0, 0.05) is 0 Å². The van der Waals surface area contributed by atoms with Gasteiger partial charge in [-0.2, -0.15) is 5.26 Å². The van der Waals surface area contributed by atoms with Crippen molar-refractivity contribution in [3.8, 4) is 6.07 Å². The van der Waals surface area contributed by atoms with Crippen molar-refractivity contribution in [1.82, 2.24) is 0 Å². The molecule has 168 valence electrons. The van der Waals surface area contributed by atoms with Gasteiger partial charge in [-0.3, -0.25) is 0 Å². The van der Waals surface area contributed by atoms with Gasteiger partial charge in [0.05, 0.1) is 5.56 Å². The first-order valence-electron chi connectivity index (χ1n) is 11.7. The van der Waals surface area contributed by atoms with Crippen LogP contribution in [0.15, 0.2) is 97.1 Å². The van der Waals surface area contributed by atoms with Gasteiger partial charge in [-0.1, -0.05) is 104 Å². The summed E-state index contributed by atoms with van der Waals surface area (Å²) < 4.78 is 13.8. The Morgan fingerprint density at radius 3 is 1.88 bits per heavy atom. The number of hydrogen-bond donors (Lipinski definition) is 0. The quantitative estimate of drug-likeness (QED) is 0.252. The van der Waals surface area contributed by atoms with Gasteiger partial charge in [0.15, 0.2) is 0 Å². The van der Waals surface area contributed by atoms with Crippen LogP contribution in [-0.2, 0) is 19.3 Å². The molecule has 0 saturated heterocycles. The van der Waals surface area contributed by atoms with Crippen LogP contribution in [0.5, 0.6) is 0 Å². The highest BCUT2D eigenvalue weighted by atomic mass is 19.1. The van der Waals surface area contributed by atoms with Crippen molar-refractivity contribution in [2.75, 3.05) is 0 Å². The van der Waals surface area contributed by atoms with Gasteiger partial charge in [-0.05, 0) is 70.7 Å². The fraction of sp³-hybridized carbons (Fsp3) is 0.156. The number of aryl methyl sites for hydroxylation is 2. The third-order valence-corrected chi connectivity index (χ3v) is 6.19. The Labute approximate surface area is 201 Å². The predicted molar refractivity (Wildman–Crippen MR) is 139 cm³/mol. The number of benzene rings is 4. The van der Waals surface area contributed by atoms with Crippen LogP contribution < -0.4 is 0 Å². The molecule has 0 aliphatic rings. The summed E-state index contributed by atoms with van der Waals surface area (Å²) in [7, 11) is 0. The van der Waals surface area contributed by atoms with Crippen molar-refractivity contribution in [2.45, 2.75) is 32.1 Å². The van der Waals surface area contributed by atoms with E-state index in [9.17, 15) is 4.39 Å². The maximum absolute atomic E-state index is 13.8. The molecule has 2 heteroatoms. The van der Waals surface area contributed by atoms with Gasteiger partial charge in [0.25, 0.3) is 0 Å². The molecule has 0 aliphatic heterocycles. The molecular weight excluding hydrogens is 417 g/mol. The van der Waals surface area contributed by atoms with E-state index in [1.54, 1.807) is 6.07 Å². The van der Waals surface area contributed by atoms with Crippen LogP contribution in [0.25, 0.3) is 12.2 Å². The van der Waals surface area contributed by atoms with Crippen LogP contribution in [-0.4, -0.2) is 0 Å². The van der Waals surface area contributed by atoms with E-state index in [-0.39, 0.29) is 5.56 Å². The van der Waals surface area contributed by atoms with E-state index in [0.29, 0.717) is 5.92 Å². The predicted octanol–water partition coefficient (Wildman–Crippen LogP) is 8.00. The van der Waals surface area contributed by atoms with E-state index in [1.807, 2.05) is 12.1 Å². The van der Waals surface area contributed by atoms with Gasteiger partial charge in [-0.25, -0.2) is 4.39 Å². The van der Waals surface area contributed by atoms with E-state index in [0.717, 1.165) is 30.4 Å². The average Bonchev–Trinajstić information content (AvgIpc) is 2.88. The van der Waals surface area contributed by atoms with Gasteiger partial charge >= 0.3 is 0 Å². The molecule has 0 aromatic heterocycles. The second kappa shape index (κ2) is 11.3. The second-order valence-corrected chi connectivity index (χ2v) is 8.76. The molecule has 0 bridgehead atoms. The van der Waals surface area contributed by atoms with Crippen molar-refractivity contribution < 1.29 is 4.39 Å². The largest absolute Gasteiger partial charge is 0.206 e. The molecule has 0 radical (unpaired) electrons. The molecule has 4 aromatic carbocycles. The highest BCUT2D eigenvalue weighted by Crippen LogP contribution is 2.21. The SMILES string of the molecule is CC(Cc1ccc(/C=C/c2ccc(CCc3ccc(C#N)c(F)c3)cc2)cc1)c1ccccc1. The number of nitriles is 1. The number of hydrogen-bond acceptors (Lipinski definition) is 1. The summed E-state index contributed by atoms with van der Waals surface area (Å²) in [6.45, 7) is 2.27. The third-order valence-electron chi connectivity index (χ3n) is 6.19. The lowest BCUT2D eigenvalue weighted by molar-refractivity contribution is 0.621. The third kappa shape index (κ3) is 6.30. The van der Waals surface area contributed by atoms with E-state index in [2.05, 4.69) is 97.9 Å². The fourth-order valence-electron chi connectivity index (χ4n) is 4.10. The lowest BCUT2D eigenvalue weighted by Crippen LogP contribution is -1.98. The number of halogens is 1. The minimum atomic E-state index is -0.445. The normalized spacial score (nSPS) is 11.9. The molecule has 0 N–H and O–H groups in total. The Kier molecular flexibility index (Phi) is 7.68. The van der Waals surface area contributed by atoms with E-state index in [1.165, 1.54) is 28.3 Å². The first-order valence-corrected chi connectivity index (χ1v) is 11.7. The highest BCUT2D eigenvalue weighted by Gasteiger charge is 2.06. The zero-order valence-corrected chi connectivity index (χ0v) is 19.4. The molecule has 4 rings (SSSR count). The lowest BCUT2D eigenvalue weighted by atomic mass is 9.93. The first kappa shape index (κ1) is 23.2. The summed E-state index contributed by atoms with van der Waals surface area (Å²) in [5, 5.41) is 8.85. The van der Waals surface area contributed by atoms with Crippen LogP contribution in [0.3, 0.4) is 0 Å². The first-order chi connectivity index (χ1) is 16.6. The van der Waals surface area contributed by atoms with Crippen LogP contribution in [0.4, 0.5) is 4.39 Å². The van der Waals surface area contributed by atoms with E-state index >= 15 is 0 Å². The van der Waals surface area contributed by atoms with Crippen LogP contribution >= 0.6 is 0 Å². The Morgan fingerprint density at radius 1 is 0.735 bits per heavy atom. The molecule has 1 unspecified atom stereocenters. The van der Waals surface area contributed by atoms with Crippen LogP contribution in [0, 0.1) is 17.1 Å². The van der Waals surface area contributed by atoms with Crippen LogP contribution in [0.1, 0.15) is 51.8 Å². The molecule has 1 atom stereocenters. The Morgan fingerprint density at radius 2 is 1.29 bits per heavy atom. The Balaban J connectivity index is 1.30.